The lowest BCUT2D eigenvalue weighted by Gasteiger charge is -2.14. The molecule has 0 atom stereocenters. The molecule has 12 heteroatoms. The van der Waals surface area contributed by atoms with Crippen molar-refractivity contribution in [3.63, 3.8) is 0 Å². The molecule has 1 N–H and O–H groups in total. The van der Waals surface area contributed by atoms with Gasteiger partial charge in [-0.2, -0.15) is 13.2 Å². The summed E-state index contributed by atoms with van der Waals surface area (Å²) < 4.78 is 77.3. The van der Waals surface area contributed by atoms with Crippen LogP contribution in [-0.2, 0) is 16.6 Å². The summed E-state index contributed by atoms with van der Waals surface area (Å²) in [5.74, 6) is -1.47. The van der Waals surface area contributed by atoms with Gasteiger partial charge in [-0.25, -0.2) is 18.7 Å². The number of fused-ring (bicyclic) bond motifs is 1. The zero-order chi connectivity index (χ0) is 26.2. The number of benzene rings is 1. The van der Waals surface area contributed by atoms with Gasteiger partial charge in [0.05, 0.1) is 11.8 Å². The van der Waals surface area contributed by atoms with Crippen LogP contribution >= 0.6 is 0 Å². The first-order valence-electron chi connectivity index (χ1n) is 11.3. The molecule has 0 radical (unpaired) electrons. The van der Waals surface area contributed by atoms with Gasteiger partial charge in [0.2, 0.25) is 5.91 Å². The van der Waals surface area contributed by atoms with Gasteiger partial charge >= 0.3 is 6.18 Å². The molecule has 0 aliphatic heterocycles. The molecule has 1 aliphatic carbocycles. The van der Waals surface area contributed by atoms with Crippen LogP contribution in [-0.4, -0.2) is 40.5 Å². The molecular weight excluding hydrogens is 499 g/mol. The van der Waals surface area contributed by atoms with E-state index in [2.05, 4.69) is 20.4 Å². The van der Waals surface area contributed by atoms with Crippen LogP contribution < -0.4 is 10.1 Å². The third kappa shape index (κ3) is 4.83. The minimum Gasteiger partial charge on any atom is -0.490 e. The number of anilines is 1. The van der Waals surface area contributed by atoms with Crippen LogP contribution in [0.15, 0.2) is 53.3 Å². The van der Waals surface area contributed by atoms with E-state index in [4.69, 9.17) is 9.26 Å². The number of nitrogens with one attached hydrogen (secondary N) is 1. The third-order valence-corrected chi connectivity index (χ3v) is 6.17. The van der Waals surface area contributed by atoms with Crippen molar-refractivity contribution in [1.82, 2.24) is 15.1 Å². The van der Waals surface area contributed by atoms with Crippen LogP contribution in [0.25, 0.3) is 22.2 Å². The van der Waals surface area contributed by atoms with E-state index in [1.165, 1.54) is 24.5 Å². The molecule has 3 heterocycles. The smallest absolute Gasteiger partial charge is 0.401 e. The summed E-state index contributed by atoms with van der Waals surface area (Å²) in [6.07, 6.45) is -2.07. The summed E-state index contributed by atoms with van der Waals surface area (Å²) in [4.78, 5) is 20.8. The maximum absolute atomic E-state index is 14.9. The Morgan fingerprint density at radius 2 is 1.92 bits per heavy atom. The third-order valence-electron chi connectivity index (χ3n) is 6.17. The first-order valence-corrected chi connectivity index (χ1v) is 11.3. The monoisotopic (exact) mass is 518 g/mol. The maximum atomic E-state index is 14.9. The summed E-state index contributed by atoms with van der Waals surface area (Å²) in [6.45, 7) is -0.795. The molecule has 37 heavy (non-hydrogen) atoms. The minimum atomic E-state index is -4.47. The van der Waals surface area contributed by atoms with Gasteiger partial charge in [0.1, 0.15) is 30.3 Å². The van der Waals surface area contributed by atoms with Crippen LogP contribution in [0.5, 0.6) is 5.75 Å². The molecule has 5 rings (SSSR count). The SMILES string of the molecule is O=C(Cc1ccc(-c2cnc3nccc(OCCF)c3c2)cc1F)Nc1cc(C2(C(F)(F)F)CC2)on1. The number of pyridine rings is 2. The van der Waals surface area contributed by atoms with E-state index in [-0.39, 0.29) is 43.0 Å². The lowest BCUT2D eigenvalue weighted by atomic mass is 10.0. The highest BCUT2D eigenvalue weighted by atomic mass is 19.4. The molecule has 4 aromatic rings. The number of carbonyl (C=O) groups excluding carboxylic acids is 1. The van der Waals surface area contributed by atoms with Crippen molar-refractivity contribution in [3.8, 4) is 16.9 Å². The fourth-order valence-corrected chi connectivity index (χ4v) is 4.02. The van der Waals surface area contributed by atoms with Gasteiger partial charge in [-0.1, -0.05) is 17.3 Å². The molecule has 0 spiro atoms. The first-order chi connectivity index (χ1) is 17.7. The Morgan fingerprint density at radius 1 is 1.11 bits per heavy atom. The van der Waals surface area contributed by atoms with Crippen molar-refractivity contribution in [2.45, 2.75) is 30.9 Å². The predicted molar refractivity (Wildman–Crippen MR) is 122 cm³/mol. The number of carbonyl (C=O) groups is 1. The second-order valence-electron chi connectivity index (χ2n) is 8.63. The predicted octanol–water partition coefficient (Wildman–Crippen LogP) is 5.55. The molecule has 1 aromatic carbocycles. The molecule has 0 saturated heterocycles. The van der Waals surface area contributed by atoms with Gasteiger partial charge in [0.15, 0.2) is 17.2 Å². The highest BCUT2D eigenvalue weighted by Gasteiger charge is 2.66. The molecule has 192 valence electrons. The number of halogens is 5. The quantitative estimate of drug-likeness (QED) is 0.308. The fourth-order valence-electron chi connectivity index (χ4n) is 4.02. The number of aromatic nitrogens is 3. The highest BCUT2D eigenvalue weighted by molar-refractivity contribution is 5.91. The number of ether oxygens (including phenoxy) is 1. The summed E-state index contributed by atoms with van der Waals surface area (Å²) in [6, 6.07) is 8.58. The number of hydrogen-bond donors (Lipinski definition) is 1. The number of alkyl halides is 4. The Morgan fingerprint density at radius 3 is 2.62 bits per heavy atom. The Hall–Kier alpha value is -4.09. The average molecular weight is 518 g/mol. The van der Waals surface area contributed by atoms with E-state index in [0.717, 1.165) is 6.07 Å². The maximum Gasteiger partial charge on any atom is 0.401 e. The standard InChI is InChI=1S/C25H19F5N4O3/c26-6-8-36-19-3-7-31-23-17(19)9-16(13-32-23)14-1-2-15(18(27)10-14)11-22(35)33-21-12-20(37-34-21)24(4-5-24)25(28,29)30/h1-3,7,9-10,12-13H,4-6,8,11H2,(H,33,34,35). The Balaban J connectivity index is 1.30. The van der Waals surface area contributed by atoms with Gasteiger partial charge in [0.25, 0.3) is 0 Å². The molecule has 1 aliphatic rings. The van der Waals surface area contributed by atoms with Crippen LogP contribution in [0.1, 0.15) is 24.2 Å². The lowest BCUT2D eigenvalue weighted by Crippen LogP contribution is -2.28. The van der Waals surface area contributed by atoms with E-state index < -0.39 is 30.0 Å². The summed E-state index contributed by atoms with van der Waals surface area (Å²) in [7, 11) is 0. The molecule has 1 amide bonds. The lowest BCUT2D eigenvalue weighted by molar-refractivity contribution is -0.165. The van der Waals surface area contributed by atoms with Crippen molar-refractivity contribution < 1.29 is 36.0 Å². The number of rotatable bonds is 8. The molecule has 3 aromatic heterocycles. The molecule has 1 saturated carbocycles. The van der Waals surface area contributed by atoms with Crippen LogP contribution in [0, 0.1) is 5.82 Å². The zero-order valence-electron chi connectivity index (χ0n) is 19.1. The first kappa shape index (κ1) is 24.6. The van der Waals surface area contributed by atoms with Crippen LogP contribution in [0.4, 0.5) is 27.8 Å². The van der Waals surface area contributed by atoms with Crippen molar-refractivity contribution >= 4 is 22.8 Å². The van der Waals surface area contributed by atoms with E-state index in [1.807, 2.05) is 0 Å². The molecule has 0 bridgehead atoms. The second kappa shape index (κ2) is 9.41. The molecule has 1 fully saturated rings. The van der Waals surface area contributed by atoms with E-state index in [1.54, 1.807) is 18.2 Å². The molecule has 7 nitrogen and oxygen atoms in total. The van der Waals surface area contributed by atoms with Crippen molar-refractivity contribution in [1.29, 1.82) is 0 Å². The number of hydrogen-bond acceptors (Lipinski definition) is 6. The van der Waals surface area contributed by atoms with Gasteiger partial charge < -0.3 is 14.6 Å². The topological polar surface area (TPSA) is 90.1 Å². The minimum absolute atomic E-state index is 0.0707. The van der Waals surface area contributed by atoms with E-state index >= 15 is 0 Å². The number of amides is 1. The molecule has 0 unspecified atom stereocenters. The van der Waals surface area contributed by atoms with Gasteiger partial charge in [0, 0.05) is 24.0 Å². The highest BCUT2D eigenvalue weighted by Crippen LogP contribution is 2.59. The van der Waals surface area contributed by atoms with E-state index in [9.17, 15) is 26.7 Å². The van der Waals surface area contributed by atoms with Gasteiger partial charge in [-0.15, -0.1) is 0 Å². The Labute approximate surface area is 206 Å². The number of nitrogens with zero attached hydrogens (tertiary/aromatic N) is 3. The second-order valence-corrected chi connectivity index (χ2v) is 8.63. The van der Waals surface area contributed by atoms with Crippen molar-refractivity contribution in [2.75, 3.05) is 18.6 Å². The van der Waals surface area contributed by atoms with Crippen molar-refractivity contribution in [3.05, 3.63) is 65.9 Å². The molecular formula is C25H19F5N4O3. The largest absolute Gasteiger partial charge is 0.490 e. The fraction of sp³-hybridized carbons (Fsp3) is 0.280. The van der Waals surface area contributed by atoms with Crippen LogP contribution in [0.3, 0.4) is 0 Å². The summed E-state index contributed by atoms with van der Waals surface area (Å²) >= 11 is 0. The zero-order valence-corrected chi connectivity index (χ0v) is 19.1. The average Bonchev–Trinajstić information content (AvgIpc) is 3.57. The van der Waals surface area contributed by atoms with Gasteiger partial charge in [-0.3, -0.25) is 4.79 Å². The van der Waals surface area contributed by atoms with Gasteiger partial charge in [-0.05, 0) is 42.2 Å². The Bertz CT molecular complexity index is 1470. The van der Waals surface area contributed by atoms with E-state index in [0.29, 0.717) is 27.9 Å². The van der Waals surface area contributed by atoms with Crippen molar-refractivity contribution in [2.24, 2.45) is 0 Å². The Kier molecular flexibility index (Phi) is 6.26. The summed E-state index contributed by atoms with van der Waals surface area (Å²) in [5, 5.41) is 6.37. The van der Waals surface area contributed by atoms with Crippen LogP contribution in [0.2, 0.25) is 0 Å². The normalized spacial score (nSPS) is 14.5. The summed E-state index contributed by atoms with van der Waals surface area (Å²) in [5.41, 5.74) is -0.582.